The van der Waals surface area contributed by atoms with Crippen LogP contribution in [0.15, 0.2) is 24.3 Å². The van der Waals surface area contributed by atoms with Gasteiger partial charge in [0.2, 0.25) is 0 Å². The minimum absolute atomic E-state index is 0.209. The summed E-state index contributed by atoms with van der Waals surface area (Å²) in [6, 6.07) is 8.31. The van der Waals surface area contributed by atoms with Crippen LogP contribution in [0.2, 0.25) is 0 Å². The van der Waals surface area contributed by atoms with E-state index in [1.165, 1.54) is 0 Å². The molecule has 2 aromatic rings. The van der Waals surface area contributed by atoms with Crippen molar-refractivity contribution < 1.29 is 0 Å². The van der Waals surface area contributed by atoms with E-state index < -0.39 is 0 Å². The molecule has 0 aliphatic heterocycles. The number of H-pyrrole nitrogens is 1. The molecule has 1 heterocycles. The fraction of sp³-hybridized carbons (Fsp3) is 0.533. The van der Waals surface area contributed by atoms with E-state index in [-0.39, 0.29) is 6.04 Å². The Morgan fingerprint density at radius 2 is 2.00 bits per heavy atom. The van der Waals surface area contributed by atoms with Gasteiger partial charge in [-0.1, -0.05) is 26.0 Å². The van der Waals surface area contributed by atoms with Gasteiger partial charge < -0.3 is 16.0 Å². The van der Waals surface area contributed by atoms with Crippen LogP contribution >= 0.6 is 0 Å². The topological polar surface area (TPSA) is 66.7 Å². The van der Waals surface area contributed by atoms with E-state index in [0.717, 1.165) is 29.9 Å². The molecule has 2 unspecified atom stereocenters. The zero-order valence-corrected chi connectivity index (χ0v) is 12.0. The fourth-order valence-electron chi connectivity index (χ4n) is 2.19. The third kappa shape index (κ3) is 3.33. The van der Waals surface area contributed by atoms with Gasteiger partial charge in [0.25, 0.3) is 0 Å². The van der Waals surface area contributed by atoms with Gasteiger partial charge >= 0.3 is 0 Å². The normalized spacial score (nSPS) is 15.0. The summed E-state index contributed by atoms with van der Waals surface area (Å²) in [5.74, 6) is 2.09. The van der Waals surface area contributed by atoms with Crippen LogP contribution in [-0.2, 0) is 0 Å². The number of hydrogen-bond donors (Lipinski definition) is 3. The lowest BCUT2D eigenvalue weighted by molar-refractivity contribution is 0.353. The van der Waals surface area contributed by atoms with Crippen LogP contribution in [0.3, 0.4) is 0 Å². The molecule has 2 rings (SSSR count). The molecular formula is C15H24N4. The van der Waals surface area contributed by atoms with Crippen molar-refractivity contribution >= 4 is 11.0 Å². The third-order valence-corrected chi connectivity index (χ3v) is 3.75. The summed E-state index contributed by atoms with van der Waals surface area (Å²) in [7, 11) is 0. The molecule has 104 valence electrons. The Labute approximate surface area is 114 Å². The quantitative estimate of drug-likeness (QED) is 0.747. The first kappa shape index (κ1) is 14.0. The summed E-state index contributed by atoms with van der Waals surface area (Å²) in [6.45, 7) is 8.20. The maximum absolute atomic E-state index is 5.80. The predicted molar refractivity (Wildman–Crippen MR) is 79.9 cm³/mol. The van der Waals surface area contributed by atoms with Crippen LogP contribution in [0, 0.1) is 11.8 Å². The van der Waals surface area contributed by atoms with E-state index in [2.05, 4.69) is 42.1 Å². The second-order valence-electron chi connectivity index (χ2n) is 5.51. The average Bonchev–Trinajstić information content (AvgIpc) is 2.82. The maximum Gasteiger partial charge on any atom is 0.124 e. The van der Waals surface area contributed by atoms with Gasteiger partial charge in [-0.05, 0) is 37.4 Å². The van der Waals surface area contributed by atoms with E-state index in [1.807, 2.05) is 18.2 Å². The SMILES string of the molecule is CC(NCC(CN)C(C)C)c1nc2ccccc2[nH]1. The number of hydrogen-bond acceptors (Lipinski definition) is 3. The molecule has 4 heteroatoms. The molecular weight excluding hydrogens is 236 g/mol. The molecule has 1 aromatic carbocycles. The van der Waals surface area contributed by atoms with E-state index in [0.29, 0.717) is 11.8 Å². The standard InChI is InChI=1S/C15H24N4/c1-10(2)12(8-16)9-17-11(3)15-18-13-6-4-5-7-14(13)19-15/h4-7,10-12,17H,8-9,16H2,1-3H3,(H,18,19). The zero-order chi connectivity index (χ0) is 13.8. The van der Waals surface area contributed by atoms with Crippen LogP contribution in [0.5, 0.6) is 0 Å². The number of nitrogens with zero attached hydrogens (tertiary/aromatic N) is 1. The minimum atomic E-state index is 0.209. The molecule has 2 atom stereocenters. The molecule has 4 nitrogen and oxygen atoms in total. The Kier molecular flexibility index (Phi) is 4.56. The van der Waals surface area contributed by atoms with Gasteiger partial charge in [-0.25, -0.2) is 4.98 Å². The van der Waals surface area contributed by atoms with Gasteiger partial charge in [0.15, 0.2) is 0 Å². The molecule has 19 heavy (non-hydrogen) atoms. The first-order valence-corrected chi connectivity index (χ1v) is 7.00. The van der Waals surface area contributed by atoms with Crippen LogP contribution in [0.1, 0.15) is 32.6 Å². The number of aromatic nitrogens is 2. The first-order valence-electron chi connectivity index (χ1n) is 7.00. The number of imidazole rings is 1. The highest BCUT2D eigenvalue weighted by Gasteiger charge is 2.15. The number of fused-ring (bicyclic) bond motifs is 1. The van der Waals surface area contributed by atoms with Gasteiger partial charge in [0.1, 0.15) is 5.82 Å². The van der Waals surface area contributed by atoms with Gasteiger partial charge in [0.05, 0.1) is 17.1 Å². The van der Waals surface area contributed by atoms with E-state index in [1.54, 1.807) is 0 Å². The lowest BCUT2D eigenvalue weighted by atomic mass is 9.96. The van der Waals surface area contributed by atoms with Crippen molar-refractivity contribution in [2.45, 2.75) is 26.8 Å². The van der Waals surface area contributed by atoms with Gasteiger partial charge in [-0.3, -0.25) is 0 Å². The maximum atomic E-state index is 5.80. The second-order valence-corrected chi connectivity index (χ2v) is 5.51. The number of nitrogens with two attached hydrogens (primary N) is 1. The third-order valence-electron chi connectivity index (χ3n) is 3.75. The van der Waals surface area contributed by atoms with Crippen molar-refractivity contribution in [3.05, 3.63) is 30.1 Å². The monoisotopic (exact) mass is 260 g/mol. The Balaban J connectivity index is 2.01. The summed E-state index contributed by atoms with van der Waals surface area (Å²) < 4.78 is 0. The number of para-hydroxylation sites is 2. The van der Waals surface area contributed by atoms with E-state index in [9.17, 15) is 0 Å². The molecule has 0 aliphatic rings. The Bertz CT molecular complexity index is 485. The van der Waals surface area contributed by atoms with Crippen molar-refractivity contribution in [1.82, 2.24) is 15.3 Å². The van der Waals surface area contributed by atoms with Gasteiger partial charge in [-0.2, -0.15) is 0 Å². The van der Waals surface area contributed by atoms with Crippen LogP contribution in [0.25, 0.3) is 11.0 Å². The van der Waals surface area contributed by atoms with Gasteiger partial charge in [0, 0.05) is 6.54 Å². The minimum Gasteiger partial charge on any atom is -0.341 e. The molecule has 0 bridgehead atoms. The van der Waals surface area contributed by atoms with Crippen molar-refractivity contribution in [2.75, 3.05) is 13.1 Å². The van der Waals surface area contributed by atoms with Gasteiger partial charge in [-0.15, -0.1) is 0 Å². The van der Waals surface area contributed by atoms with E-state index in [4.69, 9.17) is 5.73 Å². The van der Waals surface area contributed by atoms with Crippen molar-refractivity contribution in [3.63, 3.8) is 0 Å². The van der Waals surface area contributed by atoms with Crippen LogP contribution < -0.4 is 11.1 Å². The van der Waals surface area contributed by atoms with Crippen molar-refractivity contribution in [2.24, 2.45) is 17.6 Å². The largest absolute Gasteiger partial charge is 0.341 e. The summed E-state index contributed by atoms with van der Waals surface area (Å²) in [6.07, 6.45) is 0. The molecule has 0 amide bonds. The molecule has 0 radical (unpaired) electrons. The lowest BCUT2D eigenvalue weighted by Crippen LogP contribution is -2.33. The summed E-state index contributed by atoms with van der Waals surface area (Å²) >= 11 is 0. The molecule has 0 fully saturated rings. The summed E-state index contributed by atoms with van der Waals surface area (Å²) in [5.41, 5.74) is 7.90. The number of rotatable bonds is 6. The van der Waals surface area contributed by atoms with Crippen LogP contribution in [-0.4, -0.2) is 23.1 Å². The molecule has 0 aliphatic carbocycles. The van der Waals surface area contributed by atoms with Crippen molar-refractivity contribution in [3.8, 4) is 0 Å². The molecule has 0 saturated carbocycles. The smallest absolute Gasteiger partial charge is 0.124 e. The summed E-state index contributed by atoms with van der Waals surface area (Å²) in [5, 5.41) is 3.52. The first-order chi connectivity index (χ1) is 9.11. The number of aromatic amines is 1. The molecule has 1 aromatic heterocycles. The zero-order valence-electron chi connectivity index (χ0n) is 12.0. The second kappa shape index (κ2) is 6.17. The highest BCUT2D eigenvalue weighted by molar-refractivity contribution is 5.74. The van der Waals surface area contributed by atoms with E-state index >= 15 is 0 Å². The fourth-order valence-corrected chi connectivity index (χ4v) is 2.19. The molecule has 0 saturated heterocycles. The lowest BCUT2D eigenvalue weighted by Gasteiger charge is -2.21. The summed E-state index contributed by atoms with van der Waals surface area (Å²) in [4.78, 5) is 7.97. The highest BCUT2D eigenvalue weighted by Crippen LogP contribution is 2.16. The highest BCUT2D eigenvalue weighted by atomic mass is 15.0. The Hall–Kier alpha value is -1.39. The number of benzene rings is 1. The average molecular weight is 260 g/mol. The predicted octanol–water partition coefficient (Wildman–Crippen LogP) is 2.44. The number of nitrogens with one attached hydrogen (secondary N) is 2. The Morgan fingerprint density at radius 3 is 2.63 bits per heavy atom. The molecule has 0 spiro atoms. The van der Waals surface area contributed by atoms with Crippen LogP contribution in [0.4, 0.5) is 0 Å². The molecule has 4 N–H and O–H groups in total. The van der Waals surface area contributed by atoms with Crippen molar-refractivity contribution in [1.29, 1.82) is 0 Å². The Morgan fingerprint density at radius 1 is 1.26 bits per heavy atom.